The number of hydrogen-bond acceptors (Lipinski definition) is 7. The first-order valence-corrected chi connectivity index (χ1v) is 18.4. The van der Waals surface area contributed by atoms with Crippen molar-refractivity contribution in [1.82, 2.24) is 0 Å². The lowest BCUT2D eigenvalue weighted by molar-refractivity contribution is -0.114. The van der Waals surface area contributed by atoms with E-state index in [-0.39, 0.29) is 67.0 Å². The number of nitrogens with zero attached hydrogens (tertiary/aromatic N) is 1. The number of nitrogens with two attached hydrogens (primary N) is 2. The predicted molar refractivity (Wildman–Crippen MR) is 192 cm³/mol. The Labute approximate surface area is 292 Å². The second kappa shape index (κ2) is 16.6. The molecule has 0 unspecified atom stereocenters. The number of fused-ring (bicyclic) bond motifs is 6. The van der Waals surface area contributed by atoms with E-state index in [2.05, 4.69) is 29.8 Å². The van der Waals surface area contributed by atoms with Gasteiger partial charge in [0.15, 0.2) is 23.2 Å². The fourth-order valence-electron chi connectivity index (χ4n) is 9.07. The van der Waals surface area contributed by atoms with Crippen LogP contribution in [0.5, 0.6) is 11.5 Å². The van der Waals surface area contributed by atoms with Gasteiger partial charge in [-0.1, -0.05) is 43.8 Å². The number of hydrogen-bond donors (Lipinski definition) is 5. The maximum Gasteiger partial charge on any atom is 0.186 e. The van der Waals surface area contributed by atoms with Gasteiger partial charge in [-0.3, -0.25) is 4.79 Å². The second-order valence-electron chi connectivity index (χ2n) is 15.0. The summed E-state index contributed by atoms with van der Waals surface area (Å²) in [6.45, 7) is 4.40. The molecule has 2 bridgehead atoms. The molecule has 4 aliphatic carbocycles. The Hall–Kier alpha value is -3.32. The number of aliphatic imine (C=N–C) groups is 1. The number of ether oxygens (including phenoxy) is 2. The van der Waals surface area contributed by atoms with Crippen LogP contribution < -0.4 is 16.2 Å². The highest BCUT2D eigenvalue weighted by atomic mass is 16.5. The molecule has 0 radical (unpaired) electrons. The van der Waals surface area contributed by atoms with Gasteiger partial charge in [0, 0.05) is 48.3 Å². The molecule has 49 heavy (non-hydrogen) atoms. The zero-order chi connectivity index (χ0) is 35.1. The molecular formula is C40H57N3O6. The van der Waals surface area contributed by atoms with Crippen molar-refractivity contribution >= 4 is 11.7 Å². The van der Waals surface area contributed by atoms with E-state index in [1.54, 1.807) is 13.2 Å². The summed E-state index contributed by atoms with van der Waals surface area (Å²) in [5.74, 6) is 7.42. The number of ketones is 1. The second-order valence-corrected chi connectivity index (χ2v) is 15.0. The van der Waals surface area contributed by atoms with Crippen LogP contribution in [-0.2, 0) is 16.0 Å². The number of guanidine groups is 1. The van der Waals surface area contributed by atoms with Crippen molar-refractivity contribution in [2.24, 2.45) is 39.6 Å². The number of methoxy groups -OCH3 is 1. The number of allylic oxidation sites excluding steroid dienone is 2. The predicted octanol–water partition coefficient (Wildman–Crippen LogP) is 5.42. The van der Waals surface area contributed by atoms with E-state index in [0.29, 0.717) is 49.5 Å². The van der Waals surface area contributed by atoms with Crippen LogP contribution in [0.4, 0.5) is 0 Å². The van der Waals surface area contributed by atoms with Crippen LogP contribution in [0.15, 0.2) is 34.4 Å². The zero-order valence-electron chi connectivity index (χ0n) is 29.7. The topological polar surface area (TPSA) is 161 Å². The van der Waals surface area contributed by atoms with Crippen LogP contribution in [0.1, 0.15) is 114 Å². The Morgan fingerprint density at radius 1 is 1.18 bits per heavy atom. The van der Waals surface area contributed by atoms with Crippen molar-refractivity contribution in [3.05, 3.63) is 46.1 Å². The maximum atomic E-state index is 13.2. The molecule has 9 heteroatoms. The van der Waals surface area contributed by atoms with Crippen molar-refractivity contribution in [2.75, 3.05) is 26.9 Å². The fraction of sp³-hybridized carbons (Fsp3) is 0.650. The van der Waals surface area contributed by atoms with Gasteiger partial charge < -0.3 is 36.3 Å². The largest absolute Gasteiger partial charge is 0.504 e. The van der Waals surface area contributed by atoms with Crippen molar-refractivity contribution in [3.63, 3.8) is 0 Å². The quantitative estimate of drug-likeness (QED) is 0.0609. The van der Waals surface area contributed by atoms with E-state index in [1.165, 1.54) is 5.57 Å². The third-order valence-corrected chi connectivity index (χ3v) is 11.4. The summed E-state index contributed by atoms with van der Waals surface area (Å²) >= 11 is 0. The van der Waals surface area contributed by atoms with Crippen LogP contribution in [0.25, 0.3) is 0 Å². The summed E-state index contributed by atoms with van der Waals surface area (Å²) in [4.78, 5) is 17.8. The molecule has 268 valence electrons. The molecule has 2 fully saturated rings. The van der Waals surface area contributed by atoms with Crippen LogP contribution in [0, 0.1) is 35.0 Å². The minimum atomic E-state index is -0.720. The Balaban J connectivity index is 1.75. The highest BCUT2D eigenvalue weighted by Crippen LogP contribution is 2.60. The molecule has 2 saturated carbocycles. The average molecular weight is 676 g/mol. The van der Waals surface area contributed by atoms with E-state index in [9.17, 15) is 20.1 Å². The molecule has 0 amide bonds. The van der Waals surface area contributed by atoms with Gasteiger partial charge in [-0.05, 0) is 99.3 Å². The molecule has 7 N–H and O–H groups in total. The lowest BCUT2D eigenvalue weighted by Crippen LogP contribution is -2.48. The first-order valence-electron chi connectivity index (χ1n) is 18.4. The van der Waals surface area contributed by atoms with Crippen LogP contribution in [-0.4, -0.2) is 66.1 Å². The smallest absolute Gasteiger partial charge is 0.186 e. The van der Waals surface area contributed by atoms with Crippen molar-refractivity contribution in [2.45, 2.75) is 115 Å². The average Bonchev–Trinajstić information content (AvgIpc) is 3.58. The number of carbonyl (C=O) groups is 1. The number of phenolic OH excluding ortho intramolecular Hbond substituents is 1. The summed E-state index contributed by atoms with van der Waals surface area (Å²) in [6.07, 6.45) is 13.8. The number of carbonyl (C=O) groups excluding carboxylic acids is 1. The number of rotatable bonds is 13. The van der Waals surface area contributed by atoms with Crippen molar-refractivity contribution in [1.29, 1.82) is 0 Å². The minimum Gasteiger partial charge on any atom is -0.504 e. The lowest BCUT2D eigenvalue weighted by Gasteiger charge is -2.52. The Morgan fingerprint density at radius 3 is 2.63 bits per heavy atom. The monoisotopic (exact) mass is 675 g/mol. The lowest BCUT2D eigenvalue weighted by atomic mass is 9.53. The minimum absolute atomic E-state index is 0.0105. The van der Waals surface area contributed by atoms with E-state index in [0.717, 1.165) is 68.1 Å². The van der Waals surface area contributed by atoms with Gasteiger partial charge in [0.25, 0.3) is 0 Å². The van der Waals surface area contributed by atoms with Gasteiger partial charge in [-0.25, -0.2) is 4.99 Å². The normalized spacial score (nSPS) is 28.4. The summed E-state index contributed by atoms with van der Waals surface area (Å²) < 4.78 is 12.6. The number of aliphatic hydroxyl groups is 2. The zero-order valence-corrected chi connectivity index (χ0v) is 29.7. The number of aryl methyl sites for hydroxylation is 1. The SMILES string of the molecule is CCCC(=CC(=O)CCc1cc(OC2CCCC2)c(O)c2c1C#CC[C@@H](N=C(N)N)C[C@@]1(CO)C=C3CC[C@H](C)C[C@@H]3[C@@H]2[C@H]1COC)CO. The molecule has 9 nitrogen and oxygen atoms in total. The first kappa shape index (κ1) is 36.9. The van der Waals surface area contributed by atoms with Gasteiger partial charge in [-0.15, -0.1) is 0 Å². The van der Waals surface area contributed by atoms with Gasteiger partial charge in [0.2, 0.25) is 0 Å². The third kappa shape index (κ3) is 8.36. The van der Waals surface area contributed by atoms with E-state index in [1.807, 2.05) is 13.0 Å². The summed E-state index contributed by atoms with van der Waals surface area (Å²) in [6, 6.07) is 1.54. The molecule has 4 aliphatic rings. The number of aromatic hydroxyl groups is 1. The van der Waals surface area contributed by atoms with Crippen LogP contribution in [0.3, 0.4) is 0 Å². The molecule has 0 heterocycles. The van der Waals surface area contributed by atoms with Crippen LogP contribution >= 0.6 is 0 Å². The van der Waals surface area contributed by atoms with E-state index in [4.69, 9.17) is 20.9 Å². The highest BCUT2D eigenvalue weighted by Gasteiger charge is 2.52. The molecule has 0 spiro atoms. The van der Waals surface area contributed by atoms with Crippen molar-refractivity contribution < 1.29 is 29.6 Å². The summed E-state index contributed by atoms with van der Waals surface area (Å²) in [5, 5.41) is 33.6. The molecule has 0 aromatic heterocycles. The van der Waals surface area contributed by atoms with Gasteiger partial charge in [-0.2, -0.15) is 0 Å². The van der Waals surface area contributed by atoms with E-state index < -0.39 is 5.41 Å². The molecule has 0 saturated heterocycles. The van der Waals surface area contributed by atoms with Gasteiger partial charge in [0.05, 0.1) is 32.0 Å². The van der Waals surface area contributed by atoms with Crippen LogP contribution in [0.2, 0.25) is 0 Å². The Bertz CT molecular complexity index is 1500. The highest BCUT2D eigenvalue weighted by molar-refractivity contribution is 5.90. The summed E-state index contributed by atoms with van der Waals surface area (Å²) in [7, 11) is 1.69. The van der Waals surface area contributed by atoms with Crippen molar-refractivity contribution in [3.8, 4) is 23.3 Å². The van der Waals surface area contributed by atoms with Gasteiger partial charge in [0.1, 0.15) is 0 Å². The molecule has 1 aromatic rings. The number of benzene rings is 1. The molecule has 5 rings (SSSR count). The molecule has 6 atom stereocenters. The van der Waals surface area contributed by atoms with E-state index >= 15 is 0 Å². The standard InChI is InChI=1S/C40H57N3O6/c1-4-8-26(22-44)18-30(46)16-15-27-19-35(49-31-10-5-6-11-31)38(47)37-32(27)12-7-9-29(43-39(41)42)21-40(24-45)20-28-14-13-25(2)17-33(28)36(37)34(40)23-48-3/h18-20,25,29,31,33-34,36,44-45,47H,4-6,8-11,13-17,21-24H2,1-3H3,(H4,41,42,43)/t25-,29+,33-,34+,36+,40+/m0/s1. The molecule has 1 aromatic carbocycles. The molecule has 0 aliphatic heterocycles. The summed E-state index contributed by atoms with van der Waals surface area (Å²) in [5.41, 5.74) is 15.5. The third-order valence-electron chi connectivity index (χ3n) is 11.4. The number of phenols is 1. The fourth-order valence-corrected chi connectivity index (χ4v) is 9.07. The number of aliphatic hydroxyl groups excluding tert-OH is 2. The van der Waals surface area contributed by atoms with Gasteiger partial charge >= 0.3 is 0 Å². The maximum absolute atomic E-state index is 13.2. The Kier molecular flexibility index (Phi) is 12.5. The molecular weight excluding hydrogens is 618 g/mol. The Morgan fingerprint density at radius 2 is 1.96 bits per heavy atom. The first-order chi connectivity index (χ1) is 23.6.